The minimum atomic E-state index is -1.31. The van der Waals surface area contributed by atoms with Gasteiger partial charge in [-0.05, 0) is 47.3 Å². The van der Waals surface area contributed by atoms with Crippen LogP contribution in [0.1, 0.15) is 20.7 Å². The molecule has 0 atom stereocenters. The molecular formula is C18H10O5S. The predicted octanol–water partition coefficient (Wildman–Crippen LogP) is 3.18. The molecule has 0 aliphatic rings. The first kappa shape index (κ1) is 17.0. The Kier molecular flexibility index (Phi) is 5.90. The van der Waals surface area contributed by atoms with Crippen LogP contribution in [0.3, 0.4) is 0 Å². The third kappa shape index (κ3) is 4.84. The molecule has 2 rings (SSSR count). The Labute approximate surface area is 142 Å². The number of benzene rings is 2. The van der Waals surface area contributed by atoms with Gasteiger partial charge in [-0.25, -0.2) is 9.59 Å². The summed E-state index contributed by atoms with van der Waals surface area (Å²) in [6.45, 7) is 0. The molecule has 24 heavy (non-hydrogen) atoms. The van der Waals surface area contributed by atoms with Crippen molar-refractivity contribution in [3.05, 3.63) is 59.7 Å². The molecule has 5 nitrogen and oxygen atoms in total. The number of carboxylic acids is 2. The van der Waals surface area contributed by atoms with Gasteiger partial charge in [-0.1, -0.05) is 18.2 Å². The molecule has 2 aromatic carbocycles. The van der Waals surface area contributed by atoms with E-state index in [9.17, 15) is 9.59 Å². The summed E-state index contributed by atoms with van der Waals surface area (Å²) < 4.78 is 5.14. The fourth-order valence-electron chi connectivity index (χ4n) is 1.66. The number of ether oxygens (including phenoxy) is 1. The topological polar surface area (TPSA) is 83.8 Å². The van der Waals surface area contributed by atoms with Crippen LogP contribution in [-0.2, 0) is 0 Å². The normalized spacial score (nSPS) is 9.00. The molecular weight excluding hydrogens is 328 g/mol. The molecule has 6 heteroatoms. The van der Waals surface area contributed by atoms with Crippen molar-refractivity contribution in [2.24, 2.45) is 0 Å². The largest absolute Gasteiger partial charge is 0.478 e. The van der Waals surface area contributed by atoms with Gasteiger partial charge in [0.15, 0.2) is 0 Å². The Balaban J connectivity index is 2.02. The van der Waals surface area contributed by atoms with Gasteiger partial charge in [-0.3, -0.25) is 0 Å². The number of rotatable bonds is 4. The zero-order valence-corrected chi connectivity index (χ0v) is 13.0. The molecule has 2 N–H and O–H groups in total. The van der Waals surface area contributed by atoms with Gasteiger partial charge in [-0.2, -0.15) is 0 Å². The lowest BCUT2D eigenvalue weighted by atomic mass is 10.1. The summed E-state index contributed by atoms with van der Waals surface area (Å²) in [5.41, 5.74) is -0.552. The number of carbonyl (C=O) groups is 2. The van der Waals surface area contributed by atoms with Crippen molar-refractivity contribution in [2.45, 2.75) is 4.90 Å². The van der Waals surface area contributed by atoms with Gasteiger partial charge in [0.05, 0.1) is 11.1 Å². The smallest absolute Gasteiger partial charge is 0.336 e. The van der Waals surface area contributed by atoms with E-state index < -0.39 is 11.9 Å². The van der Waals surface area contributed by atoms with Crippen LogP contribution in [0, 0.1) is 23.2 Å². The fourth-order valence-corrected chi connectivity index (χ4v) is 2.19. The van der Waals surface area contributed by atoms with E-state index in [-0.39, 0.29) is 11.1 Å². The maximum atomic E-state index is 11.1. The van der Waals surface area contributed by atoms with Crippen molar-refractivity contribution >= 4 is 23.7 Å². The maximum absolute atomic E-state index is 11.1. The van der Waals surface area contributed by atoms with E-state index in [1.807, 2.05) is 18.2 Å². The number of para-hydroxylation sites is 1. The Bertz CT molecular complexity index is 882. The second-order valence-electron chi connectivity index (χ2n) is 4.29. The zero-order chi connectivity index (χ0) is 17.4. The van der Waals surface area contributed by atoms with Crippen LogP contribution in [-0.4, -0.2) is 22.2 Å². The van der Waals surface area contributed by atoms with Crippen LogP contribution >= 0.6 is 11.8 Å². The Morgan fingerprint density at radius 1 is 0.917 bits per heavy atom. The van der Waals surface area contributed by atoms with Crippen LogP contribution in [0.2, 0.25) is 0 Å². The van der Waals surface area contributed by atoms with Crippen molar-refractivity contribution in [1.82, 2.24) is 0 Å². The second kappa shape index (κ2) is 8.33. The van der Waals surface area contributed by atoms with E-state index in [0.29, 0.717) is 10.6 Å². The van der Waals surface area contributed by atoms with Gasteiger partial charge in [0.1, 0.15) is 11.9 Å². The summed E-state index contributed by atoms with van der Waals surface area (Å²) >= 11 is 1.04. The number of hydrogen-bond donors (Lipinski definition) is 2. The minimum Gasteiger partial charge on any atom is -0.478 e. The van der Waals surface area contributed by atoms with Crippen LogP contribution in [0.25, 0.3) is 0 Å². The van der Waals surface area contributed by atoms with E-state index in [2.05, 4.69) is 23.2 Å². The summed E-state index contributed by atoms with van der Waals surface area (Å²) in [5.74, 6) is 3.07. The molecule has 118 valence electrons. The summed E-state index contributed by atoms with van der Waals surface area (Å²) in [7, 11) is 0. The summed E-state index contributed by atoms with van der Waals surface area (Å²) in [5, 5.41) is 20.7. The van der Waals surface area contributed by atoms with Gasteiger partial charge in [0, 0.05) is 16.7 Å². The van der Waals surface area contributed by atoms with E-state index in [0.717, 1.165) is 11.8 Å². The first-order valence-electron chi connectivity index (χ1n) is 6.57. The van der Waals surface area contributed by atoms with E-state index >= 15 is 0 Å². The van der Waals surface area contributed by atoms with Crippen molar-refractivity contribution in [3.8, 4) is 28.9 Å². The van der Waals surface area contributed by atoms with Gasteiger partial charge in [0.2, 0.25) is 0 Å². The monoisotopic (exact) mass is 338 g/mol. The quantitative estimate of drug-likeness (QED) is 0.658. The molecule has 0 saturated carbocycles. The molecule has 0 amide bonds. The average Bonchev–Trinajstić information content (AvgIpc) is 2.58. The highest BCUT2D eigenvalue weighted by Crippen LogP contribution is 2.21. The fraction of sp³-hybridized carbons (Fsp3) is 0. The molecule has 0 aliphatic carbocycles. The molecule has 0 fully saturated rings. The lowest BCUT2D eigenvalue weighted by Gasteiger charge is -2.02. The summed E-state index contributed by atoms with van der Waals surface area (Å²) in [6.07, 6.45) is 2.43. The molecule has 0 unspecified atom stereocenters. The SMILES string of the molecule is O=C(O)c1ccc(SC#CC#COc2ccccc2)cc1C(=O)O. The average molecular weight is 338 g/mol. The molecule has 0 saturated heterocycles. The van der Waals surface area contributed by atoms with Crippen LogP contribution < -0.4 is 4.74 Å². The molecule has 2 aromatic rings. The molecule has 0 spiro atoms. The minimum absolute atomic E-state index is 0.268. The van der Waals surface area contributed by atoms with E-state index in [1.165, 1.54) is 18.2 Å². The van der Waals surface area contributed by atoms with E-state index in [1.54, 1.807) is 12.1 Å². The Morgan fingerprint density at radius 2 is 1.62 bits per heavy atom. The molecule has 0 aromatic heterocycles. The van der Waals surface area contributed by atoms with Crippen molar-refractivity contribution in [1.29, 1.82) is 0 Å². The summed E-state index contributed by atoms with van der Waals surface area (Å²) in [4.78, 5) is 22.5. The lowest BCUT2D eigenvalue weighted by Crippen LogP contribution is -2.07. The van der Waals surface area contributed by atoms with Crippen molar-refractivity contribution in [3.63, 3.8) is 0 Å². The molecule has 0 bridgehead atoms. The van der Waals surface area contributed by atoms with Gasteiger partial charge >= 0.3 is 11.9 Å². The number of aromatic carboxylic acids is 2. The van der Waals surface area contributed by atoms with Gasteiger partial charge in [-0.15, -0.1) is 0 Å². The lowest BCUT2D eigenvalue weighted by molar-refractivity contribution is 0.0651. The van der Waals surface area contributed by atoms with Crippen molar-refractivity contribution in [2.75, 3.05) is 0 Å². The highest BCUT2D eigenvalue weighted by atomic mass is 32.2. The van der Waals surface area contributed by atoms with Gasteiger partial charge < -0.3 is 14.9 Å². The third-order valence-electron chi connectivity index (χ3n) is 2.70. The third-order valence-corrected chi connectivity index (χ3v) is 3.39. The maximum Gasteiger partial charge on any atom is 0.336 e. The first-order chi connectivity index (χ1) is 11.6. The van der Waals surface area contributed by atoms with Crippen LogP contribution in [0.15, 0.2) is 53.4 Å². The first-order valence-corrected chi connectivity index (χ1v) is 7.39. The van der Waals surface area contributed by atoms with E-state index in [4.69, 9.17) is 14.9 Å². The predicted molar refractivity (Wildman–Crippen MR) is 88.8 cm³/mol. The summed E-state index contributed by atoms with van der Waals surface area (Å²) in [6, 6.07) is 13.0. The molecule has 0 aliphatic heterocycles. The zero-order valence-electron chi connectivity index (χ0n) is 12.1. The number of hydrogen-bond acceptors (Lipinski definition) is 4. The number of thioether (sulfide) groups is 1. The molecule has 0 radical (unpaired) electrons. The second-order valence-corrected chi connectivity index (χ2v) is 5.17. The van der Waals surface area contributed by atoms with Crippen molar-refractivity contribution < 1.29 is 24.5 Å². The van der Waals surface area contributed by atoms with Crippen LogP contribution in [0.4, 0.5) is 0 Å². The van der Waals surface area contributed by atoms with Gasteiger partial charge in [0.25, 0.3) is 0 Å². The highest BCUT2D eigenvalue weighted by molar-refractivity contribution is 8.04. The Morgan fingerprint density at radius 3 is 2.29 bits per heavy atom. The number of carboxylic acid groups (broad SMARTS) is 2. The Hall–Kier alpha value is -3.35. The standard InChI is InChI=1S/C18H10O5S/c19-17(20)15-9-8-14(12-16(15)18(21)22)24-11-5-4-10-23-13-6-2-1-3-7-13/h1-3,6-9,12H,(H,19,20)(H,21,22). The highest BCUT2D eigenvalue weighted by Gasteiger charge is 2.16. The molecule has 0 heterocycles. The van der Waals surface area contributed by atoms with Crippen LogP contribution in [0.5, 0.6) is 5.75 Å².